The Kier molecular flexibility index (Phi) is 10.5. The average molecular weight is 468 g/mol. The third kappa shape index (κ3) is 7.83. The van der Waals surface area contributed by atoms with Gasteiger partial charge in [-0.1, -0.05) is 26.0 Å². The fourth-order valence-corrected chi connectivity index (χ4v) is 4.19. The van der Waals surface area contributed by atoms with Crippen molar-refractivity contribution in [1.82, 2.24) is 14.9 Å². The van der Waals surface area contributed by atoms with Crippen LogP contribution in [0.3, 0.4) is 0 Å². The zero-order valence-electron chi connectivity index (χ0n) is 19.0. The van der Waals surface area contributed by atoms with E-state index in [4.69, 9.17) is 9.84 Å². The van der Waals surface area contributed by atoms with Gasteiger partial charge in [0.1, 0.15) is 17.7 Å². The van der Waals surface area contributed by atoms with Crippen LogP contribution in [0, 0.1) is 12.7 Å². The molecule has 0 fully saturated rings. The highest BCUT2D eigenvalue weighted by Gasteiger charge is 2.20. The summed E-state index contributed by atoms with van der Waals surface area (Å²) in [5.74, 6) is 0.197. The Bertz CT molecular complexity index is 939. The van der Waals surface area contributed by atoms with E-state index in [-0.39, 0.29) is 23.9 Å². The molecule has 0 spiro atoms. The van der Waals surface area contributed by atoms with E-state index in [1.807, 2.05) is 6.07 Å². The number of nitrogens with one attached hydrogen (secondary N) is 2. The summed E-state index contributed by atoms with van der Waals surface area (Å²) in [6.07, 6.45) is -0.429. The summed E-state index contributed by atoms with van der Waals surface area (Å²) in [6, 6.07) is 11.2. The molecule has 0 aromatic heterocycles. The topological polar surface area (TPSA) is 90.9 Å². The van der Waals surface area contributed by atoms with Gasteiger partial charge in [-0.15, -0.1) is 0 Å². The predicted molar refractivity (Wildman–Crippen MR) is 124 cm³/mol. The molecule has 0 amide bonds. The van der Waals surface area contributed by atoms with Gasteiger partial charge in [0.15, 0.2) is 0 Å². The number of hydrogen-bond donors (Lipinski definition) is 3. The zero-order chi connectivity index (χ0) is 23.6. The third-order valence-electron chi connectivity index (χ3n) is 5.11. The minimum Gasteiger partial charge on any atom is -0.484 e. The van der Waals surface area contributed by atoms with Gasteiger partial charge in [0.25, 0.3) is 0 Å². The van der Waals surface area contributed by atoms with Crippen molar-refractivity contribution in [1.29, 1.82) is 0 Å². The molecule has 2 rings (SSSR count). The molecular weight excluding hydrogens is 433 g/mol. The minimum atomic E-state index is -3.70. The highest BCUT2D eigenvalue weighted by molar-refractivity contribution is 7.89. The average Bonchev–Trinajstić information content (AvgIpc) is 2.78. The van der Waals surface area contributed by atoms with Crippen molar-refractivity contribution in [2.45, 2.75) is 31.8 Å². The molecule has 0 saturated heterocycles. The van der Waals surface area contributed by atoms with E-state index in [9.17, 15) is 12.8 Å². The van der Waals surface area contributed by atoms with Crippen LogP contribution in [0.1, 0.15) is 31.1 Å². The summed E-state index contributed by atoms with van der Waals surface area (Å²) in [7, 11) is -3.70. The van der Waals surface area contributed by atoms with Crippen molar-refractivity contribution >= 4 is 10.0 Å². The number of benzene rings is 2. The predicted octanol–water partition coefficient (Wildman–Crippen LogP) is 2.46. The van der Waals surface area contributed by atoms with Crippen molar-refractivity contribution in [2.24, 2.45) is 0 Å². The quantitative estimate of drug-likeness (QED) is 0.370. The molecule has 1 atom stereocenters. The van der Waals surface area contributed by atoms with E-state index in [2.05, 4.69) is 28.8 Å². The van der Waals surface area contributed by atoms with E-state index in [1.54, 1.807) is 25.1 Å². The summed E-state index contributed by atoms with van der Waals surface area (Å²) in [5, 5.41) is 12.1. The number of rotatable bonds is 14. The monoisotopic (exact) mass is 467 g/mol. The molecule has 9 heteroatoms. The number of halogens is 1. The molecule has 178 valence electrons. The molecule has 0 bridgehead atoms. The second-order valence-electron chi connectivity index (χ2n) is 7.45. The van der Waals surface area contributed by atoms with Gasteiger partial charge in [-0.2, -0.15) is 0 Å². The highest BCUT2D eigenvalue weighted by atomic mass is 32.2. The number of aliphatic hydroxyl groups is 1. The standard InChI is InChI=1S/C23H34FN3O4S/c1-4-25-12-14-27(5-2)17-23(19-7-6-18(3)22(24)16-19)31-20-8-10-21(11-9-20)32(29,30)26-13-15-28/h6-11,16,23,25-26,28H,4-5,12-15,17H2,1-3H3/t23-/m0/s1. The maximum Gasteiger partial charge on any atom is 0.240 e. The van der Waals surface area contributed by atoms with Gasteiger partial charge in [0.05, 0.1) is 11.5 Å². The van der Waals surface area contributed by atoms with Gasteiger partial charge < -0.3 is 15.2 Å². The first-order valence-electron chi connectivity index (χ1n) is 10.9. The Morgan fingerprint density at radius 1 is 1.12 bits per heavy atom. The van der Waals surface area contributed by atoms with Gasteiger partial charge in [-0.05, 0) is 61.5 Å². The van der Waals surface area contributed by atoms with E-state index in [1.165, 1.54) is 18.2 Å². The Morgan fingerprint density at radius 2 is 1.84 bits per heavy atom. The van der Waals surface area contributed by atoms with Gasteiger partial charge in [-0.25, -0.2) is 17.5 Å². The molecule has 32 heavy (non-hydrogen) atoms. The van der Waals surface area contributed by atoms with Gasteiger partial charge in [0.2, 0.25) is 10.0 Å². The Morgan fingerprint density at radius 3 is 2.44 bits per heavy atom. The summed E-state index contributed by atoms with van der Waals surface area (Å²) in [6.45, 7) is 9.43. The Balaban J connectivity index is 2.22. The van der Waals surface area contributed by atoms with E-state index in [0.29, 0.717) is 17.9 Å². The molecule has 2 aromatic carbocycles. The van der Waals surface area contributed by atoms with Crippen molar-refractivity contribution in [3.63, 3.8) is 0 Å². The lowest BCUT2D eigenvalue weighted by atomic mass is 10.1. The Labute approximate surface area is 190 Å². The summed E-state index contributed by atoms with van der Waals surface area (Å²) in [4.78, 5) is 2.31. The van der Waals surface area contributed by atoms with Crippen molar-refractivity contribution in [3.05, 3.63) is 59.4 Å². The van der Waals surface area contributed by atoms with Crippen LogP contribution in [0.25, 0.3) is 0 Å². The van der Waals surface area contributed by atoms with E-state index in [0.717, 1.165) is 31.7 Å². The van der Waals surface area contributed by atoms with Gasteiger partial charge in [-0.3, -0.25) is 4.90 Å². The van der Waals surface area contributed by atoms with E-state index < -0.39 is 16.1 Å². The molecule has 7 nitrogen and oxygen atoms in total. The number of nitrogens with zero attached hydrogens (tertiary/aromatic N) is 1. The number of ether oxygens (including phenoxy) is 1. The van der Waals surface area contributed by atoms with Crippen LogP contribution in [0.15, 0.2) is 47.4 Å². The SMILES string of the molecule is CCNCCN(CC)C[C@H](Oc1ccc(S(=O)(=O)NCCO)cc1)c1ccc(C)c(F)c1. The van der Waals surface area contributed by atoms with Crippen LogP contribution >= 0.6 is 0 Å². The molecule has 0 aliphatic carbocycles. The van der Waals surface area contributed by atoms with Crippen LogP contribution in [0.5, 0.6) is 5.75 Å². The van der Waals surface area contributed by atoms with Crippen LogP contribution in [0.4, 0.5) is 4.39 Å². The smallest absolute Gasteiger partial charge is 0.240 e. The fraction of sp³-hybridized carbons (Fsp3) is 0.478. The number of hydrogen-bond acceptors (Lipinski definition) is 6. The normalized spacial score (nSPS) is 12.8. The molecule has 0 aliphatic heterocycles. The maximum atomic E-state index is 14.3. The second-order valence-corrected chi connectivity index (χ2v) is 9.22. The van der Waals surface area contributed by atoms with Gasteiger partial charge in [0, 0.05) is 26.2 Å². The zero-order valence-corrected chi connectivity index (χ0v) is 19.8. The number of likely N-dealkylation sites (N-methyl/N-ethyl adjacent to an activating group) is 2. The molecule has 0 unspecified atom stereocenters. The molecule has 0 saturated carbocycles. The summed E-state index contributed by atoms with van der Waals surface area (Å²) in [5.41, 5.74) is 1.29. The summed E-state index contributed by atoms with van der Waals surface area (Å²) >= 11 is 0. The second kappa shape index (κ2) is 12.9. The van der Waals surface area contributed by atoms with Crippen molar-refractivity contribution < 1.29 is 22.7 Å². The fourth-order valence-electron chi connectivity index (χ4n) is 3.17. The largest absolute Gasteiger partial charge is 0.484 e. The third-order valence-corrected chi connectivity index (χ3v) is 6.59. The summed E-state index contributed by atoms with van der Waals surface area (Å²) < 4.78 is 47.2. The Hall–Kier alpha value is -2.04. The first kappa shape index (κ1) is 26.2. The lowest BCUT2D eigenvalue weighted by molar-refractivity contribution is 0.136. The van der Waals surface area contributed by atoms with Gasteiger partial charge >= 0.3 is 0 Å². The lowest BCUT2D eigenvalue weighted by Gasteiger charge is -2.28. The van der Waals surface area contributed by atoms with Crippen molar-refractivity contribution in [3.8, 4) is 5.75 Å². The minimum absolute atomic E-state index is 0.0542. The highest BCUT2D eigenvalue weighted by Crippen LogP contribution is 2.26. The number of sulfonamides is 1. The molecule has 3 N–H and O–H groups in total. The first-order chi connectivity index (χ1) is 15.3. The molecule has 2 aromatic rings. The van der Waals surface area contributed by atoms with Crippen LogP contribution in [-0.2, 0) is 10.0 Å². The van der Waals surface area contributed by atoms with Crippen molar-refractivity contribution in [2.75, 3.05) is 45.9 Å². The van der Waals surface area contributed by atoms with E-state index >= 15 is 0 Å². The molecule has 0 aliphatic rings. The first-order valence-corrected chi connectivity index (χ1v) is 12.3. The number of aryl methyl sites for hydroxylation is 1. The molecule has 0 radical (unpaired) electrons. The van der Waals surface area contributed by atoms with Crippen LogP contribution < -0.4 is 14.8 Å². The van der Waals surface area contributed by atoms with Crippen LogP contribution in [-0.4, -0.2) is 64.3 Å². The van der Waals surface area contributed by atoms with Crippen LogP contribution in [0.2, 0.25) is 0 Å². The number of aliphatic hydroxyl groups excluding tert-OH is 1. The maximum absolute atomic E-state index is 14.3. The molecular formula is C23H34FN3O4S. The lowest BCUT2D eigenvalue weighted by Crippen LogP contribution is -2.36. The molecule has 0 heterocycles.